The Morgan fingerprint density at radius 3 is 2.21 bits per heavy atom. The van der Waals surface area contributed by atoms with Crippen LogP contribution in [-0.2, 0) is 10.0 Å². The lowest BCUT2D eigenvalue weighted by Gasteiger charge is -2.34. The summed E-state index contributed by atoms with van der Waals surface area (Å²) in [6.07, 6.45) is 3.82. The second kappa shape index (κ2) is 7.84. The molecule has 0 bridgehead atoms. The average Bonchev–Trinajstić information content (AvgIpc) is 3.29. The lowest BCUT2D eigenvalue weighted by Crippen LogP contribution is -2.49. The molecule has 0 spiro atoms. The molecule has 3 aromatic rings. The van der Waals surface area contributed by atoms with E-state index < -0.39 is 10.0 Å². The van der Waals surface area contributed by atoms with Crippen LogP contribution in [0.15, 0.2) is 59.8 Å². The minimum Gasteiger partial charge on any atom is -0.495 e. The van der Waals surface area contributed by atoms with Gasteiger partial charge in [0.2, 0.25) is 10.0 Å². The molecule has 0 radical (unpaired) electrons. The van der Waals surface area contributed by atoms with Crippen LogP contribution in [-0.4, -0.2) is 60.8 Å². The average molecular weight is 414 g/mol. The molecular weight excluding hydrogens is 390 g/mol. The predicted octanol–water partition coefficient (Wildman–Crippen LogP) is 2.10. The maximum Gasteiger partial charge on any atom is 0.246 e. The summed E-state index contributed by atoms with van der Waals surface area (Å²) in [7, 11) is -2.14. The van der Waals surface area contributed by atoms with Crippen molar-refractivity contribution in [2.75, 3.05) is 38.2 Å². The maximum atomic E-state index is 13.1. The first-order chi connectivity index (χ1) is 14.0. The first-order valence-corrected chi connectivity index (χ1v) is 10.8. The van der Waals surface area contributed by atoms with Gasteiger partial charge in [0.25, 0.3) is 0 Å². The lowest BCUT2D eigenvalue weighted by atomic mass is 10.2. The molecule has 1 aliphatic rings. The van der Waals surface area contributed by atoms with Crippen molar-refractivity contribution in [1.82, 2.24) is 19.1 Å². The van der Waals surface area contributed by atoms with E-state index in [0.29, 0.717) is 31.9 Å². The highest BCUT2D eigenvalue weighted by Gasteiger charge is 2.31. The molecule has 0 unspecified atom stereocenters. The summed E-state index contributed by atoms with van der Waals surface area (Å²) < 4.78 is 34.9. The third-order valence-electron chi connectivity index (χ3n) is 5.00. The van der Waals surface area contributed by atoms with Crippen LogP contribution < -0.4 is 9.64 Å². The number of hydrogen-bond acceptors (Lipinski definition) is 6. The zero-order valence-corrected chi connectivity index (χ0v) is 17.2. The van der Waals surface area contributed by atoms with E-state index in [1.807, 2.05) is 59.1 Å². The van der Waals surface area contributed by atoms with Gasteiger partial charge in [-0.25, -0.2) is 8.42 Å². The predicted molar refractivity (Wildman–Crippen MR) is 110 cm³/mol. The number of hydrogen-bond donors (Lipinski definition) is 0. The van der Waals surface area contributed by atoms with E-state index in [9.17, 15) is 8.42 Å². The molecule has 0 atom stereocenters. The largest absolute Gasteiger partial charge is 0.495 e. The second-order valence-electron chi connectivity index (χ2n) is 6.89. The van der Waals surface area contributed by atoms with Gasteiger partial charge in [0.05, 0.1) is 7.11 Å². The fourth-order valence-corrected chi connectivity index (χ4v) is 5.06. The van der Waals surface area contributed by atoms with E-state index in [0.717, 1.165) is 17.2 Å². The number of piperazine rings is 1. The Kier molecular flexibility index (Phi) is 5.25. The van der Waals surface area contributed by atoms with E-state index in [-0.39, 0.29) is 4.90 Å². The molecule has 29 heavy (non-hydrogen) atoms. The molecule has 4 rings (SSSR count). The number of aryl methyl sites for hydroxylation is 1. The van der Waals surface area contributed by atoms with E-state index >= 15 is 0 Å². The van der Waals surface area contributed by atoms with E-state index in [4.69, 9.17) is 4.74 Å². The van der Waals surface area contributed by atoms with Gasteiger partial charge in [0, 0.05) is 38.6 Å². The van der Waals surface area contributed by atoms with Crippen molar-refractivity contribution in [3.8, 4) is 11.6 Å². The smallest absolute Gasteiger partial charge is 0.246 e. The minimum absolute atomic E-state index is 0.212. The first-order valence-electron chi connectivity index (χ1n) is 9.36. The zero-order chi connectivity index (χ0) is 20.4. The van der Waals surface area contributed by atoms with Gasteiger partial charge in [-0.3, -0.25) is 0 Å². The fourth-order valence-electron chi connectivity index (χ4n) is 3.39. The second-order valence-corrected chi connectivity index (χ2v) is 8.79. The number of sulfonamides is 1. The summed E-state index contributed by atoms with van der Waals surface area (Å²) in [5, 5.41) is 8.58. The van der Waals surface area contributed by atoms with Crippen LogP contribution in [0.25, 0.3) is 5.82 Å². The number of methoxy groups -OCH3 is 1. The van der Waals surface area contributed by atoms with Gasteiger partial charge in [-0.15, -0.1) is 10.2 Å². The normalized spacial score (nSPS) is 15.4. The Labute approximate surface area is 170 Å². The molecule has 0 N–H and O–H groups in total. The summed E-state index contributed by atoms with van der Waals surface area (Å²) in [5.74, 6) is 1.85. The van der Waals surface area contributed by atoms with Gasteiger partial charge in [0.1, 0.15) is 10.6 Å². The fraction of sp³-hybridized carbons (Fsp3) is 0.300. The van der Waals surface area contributed by atoms with E-state index in [1.165, 1.54) is 11.4 Å². The van der Waals surface area contributed by atoms with Crippen molar-refractivity contribution < 1.29 is 13.2 Å². The Hall–Kier alpha value is -2.91. The monoisotopic (exact) mass is 413 g/mol. The van der Waals surface area contributed by atoms with Crippen LogP contribution in [0.2, 0.25) is 0 Å². The Balaban J connectivity index is 1.47. The van der Waals surface area contributed by atoms with Crippen LogP contribution in [0.3, 0.4) is 0 Å². The number of aromatic nitrogens is 3. The molecule has 0 aliphatic carbocycles. The topological polar surface area (TPSA) is 80.6 Å². The zero-order valence-electron chi connectivity index (χ0n) is 16.4. The summed E-state index contributed by atoms with van der Waals surface area (Å²) in [4.78, 5) is 2.26. The summed E-state index contributed by atoms with van der Waals surface area (Å²) in [6.45, 7) is 3.71. The Morgan fingerprint density at radius 2 is 1.59 bits per heavy atom. The van der Waals surface area contributed by atoms with Crippen LogP contribution in [0.4, 0.5) is 5.82 Å². The highest BCUT2D eigenvalue weighted by molar-refractivity contribution is 7.89. The maximum absolute atomic E-state index is 13.1. The first kappa shape index (κ1) is 19.4. The quantitative estimate of drug-likeness (QED) is 0.637. The van der Waals surface area contributed by atoms with Gasteiger partial charge in [0.15, 0.2) is 11.6 Å². The Bertz CT molecular complexity index is 1070. The molecule has 1 fully saturated rings. The number of anilines is 1. The lowest BCUT2D eigenvalue weighted by molar-refractivity contribution is 0.373. The molecule has 0 amide bonds. The van der Waals surface area contributed by atoms with Crippen LogP contribution in [0, 0.1) is 6.92 Å². The molecule has 1 saturated heterocycles. The third kappa shape index (κ3) is 3.83. The highest BCUT2D eigenvalue weighted by Crippen LogP contribution is 2.28. The van der Waals surface area contributed by atoms with E-state index in [1.54, 1.807) is 12.1 Å². The van der Waals surface area contributed by atoms with Crippen LogP contribution in [0.1, 0.15) is 5.56 Å². The van der Waals surface area contributed by atoms with Crippen molar-refractivity contribution in [2.24, 2.45) is 0 Å². The minimum atomic E-state index is -3.63. The SMILES string of the molecule is COc1ccc(C)cc1S(=O)(=O)N1CCN(c2ccc(-n3cccc3)nn2)CC1. The molecule has 0 saturated carbocycles. The van der Waals surface area contributed by atoms with Crippen molar-refractivity contribution in [3.63, 3.8) is 0 Å². The molecule has 152 valence electrons. The number of benzene rings is 1. The number of nitrogens with zero attached hydrogens (tertiary/aromatic N) is 5. The van der Waals surface area contributed by atoms with Crippen molar-refractivity contribution >= 4 is 15.8 Å². The summed E-state index contributed by atoms with van der Waals surface area (Å²) in [6, 6.07) is 12.9. The van der Waals surface area contributed by atoms with Gasteiger partial charge >= 0.3 is 0 Å². The molecule has 3 heterocycles. The van der Waals surface area contributed by atoms with Gasteiger partial charge in [-0.05, 0) is 48.9 Å². The van der Waals surface area contributed by atoms with Gasteiger partial charge in [-0.1, -0.05) is 6.07 Å². The Morgan fingerprint density at radius 1 is 0.931 bits per heavy atom. The van der Waals surface area contributed by atoms with Gasteiger partial charge in [-0.2, -0.15) is 4.31 Å². The van der Waals surface area contributed by atoms with E-state index in [2.05, 4.69) is 10.2 Å². The third-order valence-corrected chi connectivity index (χ3v) is 6.92. The van der Waals surface area contributed by atoms with Gasteiger partial charge < -0.3 is 14.2 Å². The molecule has 1 aromatic carbocycles. The molecule has 9 heteroatoms. The summed E-state index contributed by atoms with van der Waals surface area (Å²) >= 11 is 0. The highest BCUT2D eigenvalue weighted by atomic mass is 32.2. The molecular formula is C20H23N5O3S. The number of ether oxygens (including phenoxy) is 1. The molecule has 8 nitrogen and oxygen atoms in total. The van der Waals surface area contributed by atoms with Crippen molar-refractivity contribution in [3.05, 3.63) is 60.4 Å². The molecule has 2 aromatic heterocycles. The van der Waals surface area contributed by atoms with Crippen LogP contribution in [0.5, 0.6) is 5.75 Å². The summed E-state index contributed by atoms with van der Waals surface area (Å²) in [5.41, 5.74) is 0.876. The standard InChI is InChI=1S/C20H23N5O3S/c1-16-5-6-17(28-2)18(15-16)29(26,27)25-13-11-24(12-14-25)20-8-7-19(21-22-20)23-9-3-4-10-23/h3-10,15H,11-14H2,1-2H3. The van der Waals surface area contributed by atoms with Crippen molar-refractivity contribution in [1.29, 1.82) is 0 Å². The molecule has 1 aliphatic heterocycles. The van der Waals surface area contributed by atoms with Crippen molar-refractivity contribution in [2.45, 2.75) is 11.8 Å². The number of rotatable bonds is 5. The van der Waals surface area contributed by atoms with Crippen LogP contribution >= 0.6 is 0 Å².